The molecular weight excluding hydrogens is 393 g/mol. The molecule has 1 heterocycles. The van der Waals surface area contributed by atoms with Crippen LogP contribution in [-0.2, 0) is 6.42 Å². The van der Waals surface area contributed by atoms with E-state index in [1.807, 2.05) is 14.0 Å². The summed E-state index contributed by atoms with van der Waals surface area (Å²) in [6.07, 6.45) is 0.366. The standard InChI is InChI=1S/C14H17BrClN3O2.ClH/c1-8(17-3)6-13-18-14(21-19-13)9(2)20-12-5-4-10(16)7-11(12)15;/h4-5,7-9,17H,6H2,1-3H3;1H. The zero-order valence-corrected chi connectivity index (χ0v) is 15.6. The molecule has 0 fully saturated rings. The molecule has 0 aliphatic heterocycles. The summed E-state index contributed by atoms with van der Waals surface area (Å²) in [4.78, 5) is 4.36. The van der Waals surface area contributed by atoms with Crippen LogP contribution in [0, 0.1) is 0 Å². The Labute approximate surface area is 149 Å². The molecule has 5 nitrogen and oxygen atoms in total. The maximum Gasteiger partial charge on any atom is 0.267 e. The van der Waals surface area contributed by atoms with Gasteiger partial charge in [0.2, 0.25) is 0 Å². The first-order valence-electron chi connectivity index (χ1n) is 6.61. The molecule has 0 radical (unpaired) electrons. The minimum atomic E-state index is -0.339. The molecule has 0 saturated heterocycles. The number of halogens is 3. The van der Waals surface area contributed by atoms with Gasteiger partial charge in [-0.05, 0) is 55.0 Å². The summed E-state index contributed by atoms with van der Waals surface area (Å²) in [5.41, 5.74) is 0. The van der Waals surface area contributed by atoms with Crippen LogP contribution in [0.3, 0.4) is 0 Å². The maximum atomic E-state index is 5.90. The highest BCUT2D eigenvalue weighted by atomic mass is 79.9. The van der Waals surface area contributed by atoms with Crippen molar-refractivity contribution in [3.8, 4) is 5.75 Å². The van der Waals surface area contributed by atoms with Crippen LogP contribution in [0.1, 0.15) is 31.7 Å². The second-order valence-electron chi connectivity index (χ2n) is 4.78. The number of nitrogens with zero attached hydrogens (tertiary/aromatic N) is 2. The summed E-state index contributed by atoms with van der Waals surface area (Å²) >= 11 is 9.31. The summed E-state index contributed by atoms with van der Waals surface area (Å²) < 4.78 is 11.8. The quantitative estimate of drug-likeness (QED) is 0.773. The highest BCUT2D eigenvalue weighted by Gasteiger charge is 2.18. The summed E-state index contributed by atoms with van der Waals surface area (Å²) in [6, 6.07) is 5.63. The molecule has 1 aromatic heterocycles. The predicted octanol–water partition coefficient (Wildman–Crippen LogP) is 4.20. The zero-order valence-electron chi connectivity index (χ0n) is 12.5. The van der Waals surface area contributed by atoms with E-state index in [2.05, 4.69) is 38.3 Å². The van der Waals surface area contributed by atoms with Crippen LogP contribution < -0.4 is 10.1 Å². The van der Waals surface area contributed by atoms with Gasteiger partial charge >= 0.3 is 0 Å². The fourth-order valence-corrected chi connectivity index (χ4v) is 2.48. The summed E-state index contributed by atoms with van der Waals surface area (Å²) in [7, 11) is 1.90. The van der Waals surface area contributed by atoms with Crippen molar-refractivity contribution in [2.75, 3.05) is 7.05 Å². The van der Waals surface area contributed by atoms with Crippen molar-refractivity contribution in [2.45, 2.75) is 32.4 Å². The van der Waals surface area contributed by atoms with Gasteiger partial charge in [-0.25, -0.2) is 0 Å². The van der Waals surface area contributed by atoms with Gasteiger partial charge in [0.05, 0.1) is 4.47 Å². The highest BCUT2D eigenvalue weighted by Crippen LogP contribution is 2.31. The molecule has 8 heteroatoms. The van der Waals surface area contributed by atoms with E-state index in [9.17, 15) is 0 Å². The SMILES string of the molecule is CNC(C)Cc1noc(C(C)Oc2ccc(Cl)cc2Br)n1.Cl. The van der Waals surface area contributed by atoms with Crippen LogP contribution in [0.2, 0.25) is 5.02 Å². The molecule has 2 aromatic rings. The van der Waals surface area contributed by atoms with Crippen molar-refractivity contribution in [1.82, 2.24) is 15.5 Å². The Bertz CT molecular complexity index is 610. The molecule has 2 rings (SSSR count). The first-order valence-corrected chi connectivity index (χ1v) is 7.78. The second kappa shape index (κ2) is 8.72. The monoisotopic (exact) mass is 409 g/mol. The fraction of sp³-hybridized carbons (Fsp3) is 0.429. The lowest BCUT2D eigenvalue weighted by Crippen LogP contribution is -2.24. The van der Waals surface area contributed by atoms with Gasteiger partial charge in [0.15, 0.2) is 11.9 Å². The first kappa shape index (κ1) is 19.2. The van der Waals surface area contributed by atoms with E-state index in [1.165, 1.54) is 0 Å². The van der Waals surface area contributed by atoms with Gasteiger partial charge in [0.25, 0.3) is 5.89 Å². The third kappa shape index (κ3) is 5.12. The molecular formula is C14H18BrCl2N3O2. The number of nitrogens with one attached hydrogen (secondary N) is 1. The molecule has 0 spiro atoms. The molecule has 0 amide bonds. The van der Waals surface area contributed by atoms with E-state index >= 15 is 0 Å². The Balaban J connectivity index is 0.00000242. The van der Waals surface area contributed by atoms with Crippen molar-refractivity contribution in [3.05, 3.63) is 39.4 Å². The molecule has 122 valence electrons. The van der Waals surface area contributed by atoms with E-state index in [0.29, 0.717) is 28.9 Å². The lowest BCUT2D eigenvalue weighted by atomic mass is 10.2. The summed E-state index contributed by atoms with van der Waals surface area (Å²) in [5, 5.41) is 7.74. The Morgan fingerprint density at radius 1 is 1.41 bits per heavy atom. The Kier molecular flexibility index (Phi) is 7.62. The average Bonchev–Trinajstić information content (AvgIpc) is 2.90. The Morgan fingerprint density at radius 2 is 2.14 bits per heavy atom. The number of rotatable bonds is 6. The van der Waals surface area contributed by atoms with Crippen molar-refractivity contribution in [1.29, 1.82) is 0 Å². The van der Waals surface area contributed by atoms with Crippen LogP contribution in [0.15, 0.2) is 27.2 Å². The van der Waals surface area contributed by atoms with Gasteiger partial charge in [-0.2, -0.15) is 4.98 Å². The molecule has 0 aliphatic carbocycles. The number of hydrogen-bond acceptors (Lipinski definition) is 5. The molecule has 1 N–H and O–H groups in total. The van der Waals surface area contributed by atoms with Crippen LogP contribution in [0.4, 0.5) is 0 Å². The number of hydrogen-bond donors (Lipinski definition) is 1. The zero-order chi connectivity index (χ0) is 15.4. The number of ether oxygens (including phenoxy) is 1. The van der Waals surface area contributed by atoms with Gasteiger partial charge in [-0.15, -0.1) is 12.4 Å². The van der Waals surface area contributed by atoms with Crippen molar-refractivity contribution in [3.63, 3.8) is 0 Å². The van der Waals surface area contributed by atoms with E-state index in [4.69, 9.17) is 20.9 Å². The van der Waals surface area contributed by atoms with E-state index in [1.54, 1.807) is 18.2 Å². The summed E-state index contributed by atoms with van der Waals surface area (Å²) in [6.45, 7) is 3.92. The van der Waals surface area contributed by atoms with Crippen LogP contribution in [-0.4, -0.2) is 23.2 Å². The number of aromatic nitrogens is 2. The van der Waals surface area contributed by atoms with Gasteiger partial charge in [-0.3, -0.25) is 0 Å². The maximum absolute atomic E-state index is 5.90. The van der Waals surface area contributed by atoms with E-state index < -0.39 is 0 Å². The fourth-order valence-electron chi connectivity index (χ4n) is 1.70. The summed E-state index contributed by atoms with van der Waals surface area (Å²) in [5.74, 6) is 1.79. The van der Waals surface area contributed by atoms with Crippen molar-refractivity contribution in [2.24, 2.45) is 0 Å². The Morgan fingerprint density at radius 3 is 2.77 bits per heavy atom. The van der Waals surface area contributed by atoms with Gasteiger partial charge < -0.3 is 14.6 Å². The topological polar surface area (TPSA) is 60.2 Å². The van der Waals surface area contributed by atoms with Crippen molar-refractivity contribution >= 4 is 39.9 Å². The van der Waals surface area contributed by atoms with E-state index in [-0.39, 0.29) is 24.6 Å². The predicted molar refractivity (Wildman–Crippen MR) is 92.0 cm³/mol. The molecule has 1 aromatic carbocycles. The normalized spacial score (nSPS) is 13.3. The molecule has 0 saturated carbocycles. The lowest BCUT2D eigenvalue weighted by Gasteiger charge is -2.12. The minimum absolute atomic E-state index is 0. The lowest BCUT2D eigenvalue weighted by molar-refractivity contribution is 0.174. The van der Waals surface area contributed by atoms with E-state index in [0.717, 1.165) is 4.47 Å². The molecule has 2 unspecified atom stereocenters. The van der Waals surface area contributed by atoms with Gasteiger partial charge in [0.1, 0.15) is 5.75 Å². The Hall–Kier alpha value is -0.820. The van der Waals surface area contributed by atoms with Gasteiger partial charge in [-0.1, -0.05) is 16.8 Å². The number of likely N-dealkylation sites (N-methyl/N-ethyl adjacent to an activating group) is 1. The number of benzene rings is 1. The van der Waals surface area contributed by atoms with Crippen LogP contribution in [0.25, 0.3) is 0 Å². The van der Waals surface area contributed by atoms with Crippen molar-refractivity contribution < 1.29 is 9.26 Å². The van der Waals surface area contributed by atoms with Crippen LogP contribution >= 0.6 is 39.9 Å². The first-order chi connectivity index (χ1) is 9.99. The molecule has 2 atom stereocenters. The third-order valence-corrected chi connectivity index (χ3v) is 3.87. The van der Waals surface area contributed by atoms with Gasteiger partial charge in [0, 0.05) is 17.5 Å². The highest BCUT2D eigenvalue weighted by molar-refractivity contribution is 9.10. The average molecular weight is 411 g/mol. The second-order valence-corrected chi connectivity index (χ2v) is 6.07. The largest absolute Gasteiger partial charge is 0.480 e. The molecule has 22 heavy (non-hydrogen) atoms. The third-order valence-electron chi connectivity index (χ3n) is 3.01. The minimum Gasteiger partial charge on any atom is -0.480 e. The smallest absolute Gasteiger partial charge is 0.267 e. The molecule has 0 bridgehead atoms. The molecule has 0 aliphatic rings. The van der Waals surface area contributed by atoms with Crippen LogP contribution in [0.5, 0.6) is 5.75 Å².